The van der Waals surface area contributed by atoms with Crippen molar-refractivity contribution in [2.24, 2.45) is 4.99 Å². The largest absolute Gasteiger partial charge is 0.507 e. The zero-order chi connectivity index (χ0) is 29.5. The normalized spacial score (nSPS) is 15.9. The third-order valence-electron chi connectivity index (χ3n) is 6.95. The number of rotatable bonds is 8. The zero-order valence-electron chi connectivity index (χ0n) is 22.1. The molecule has 0 spiro atoms. The number of aliphatic carboxylic acids is 1. The van der Waals surface area contributed by atoms with E-state index < -0.39 is 17.9 Å². The van der Waals surface area contributed by atoms with Crippen LogP contribution in [0.25, 0.3) is 6.08 Å². The molecular formula is C28H30Cl2N6O5. The summed E-state index contributed by atoms with van der Waals surface area (Å²) in [6, 6.07) is 6.92. The highest BCUT2D eigenvalue weighted by Crippen LogP contribution is 2.35. The van der Waals surface area contributed by atoms with Gasteiger partial charge in [-0.3, -0.25) is 15.0 Å². The summed E-state index contributed by atoms with van der Waals surface area (Å²) in [6.45, 7) is 1.86. The van der Waals surface area contributed by atoms with Gasteiger partial charge in [-0.25, -0.2) is 9.79 Å². The van der Waals surface area contributed by atoms with Gasteiger partial charge in [0, 0.05) is 44.4 Å². The number of benzene rings is 2. The number of carbonyl (C=O) groups is 3. The van der Waals surface area contributed by atoms with Gasteiger partial charge < -0.3 is 30.6 Å². The van der Waals surface area contributed by atoms with Gasteiger partial charge in [0.1, 0.15) is 18.1 Å². The number of fused-ring (bicyclic) bond motifs is 1. The number of hydrogen-bond acceptors (Lipinski definition) is 5. The number of carbonyl (C=O) groups excluding carboxylic acids is 2. The maximum absolute atomic E-state index is 13.2. The highest BCUT2D eigenvalue weighted by molar-refractivity contribution is 6.40. The molecule has 0 radical (unpaired) electrons. The van der Waals surface area contributed by atoms with Gasteiger partial charge in [0.15, 0.2) is 5.96 Å². The van der Waals surface area contributed by atoms with Crippen LogP contribution in [0.2, 0.25) is 10.0 Å². The number of nitrogens with zero attached hydrogens (tertiary/aromatic N) is 3. The first-order valence-electron chi connectivity index (χ1n) is 13.0. The molecule has 0 unspecified atom stereocenters. The van der Waals surface area contributed by atoms with Gasteiger partial charge in [0.05, 0.1) is 15.6 Å². The van der Waals surface area contributed by atoms with E-state index in [0.29, 0.717) is 35.6 Å². The second-order valence-electron chi connectivity index (χ2n) is 9.61. The minimum absolute atomic E-state index is 0.0329. The summed E-state index contributed by atoms with van der Waals surface area (Å²) in [4.78, 5) is 45.4. The van der Waals surface area contributed by atoms with Crippen LogP contribution < -0.4 is 10.6 Å². The molecule has 2 aromatic carbocycles. The molecule has 41 heavy (non-hydrogen) atoms. The highest BCUT2D eigenvalue weighted by atomic mass is 35.5. The molecular weight excluding hydrogens is 571 g/mol. The number of aliphatic imine (C=N–C) groups is 1. The van der Waals surface area contributed by atoms with Gasteiger partial charge >= 0.3 is 5.97 Å². The van der Waals surface area contributed by atoms with E-state index in [-0.39, 0.29) is 40.4 Å². The van der Waals surface area contributed by atoms with E-state index in [2.05, 4.69) is 15.6 Å². The van der Waals surface area contributed by atoms with Crippen molar-refractivity contribution in [2.75, 3.05) is 26.2 Å². The van der Waals surface area contributed by atoms with Crippen LogP contribution in [0.5, 0.6) is 5.75 Å². The second-order valence-corrected chi connectivity index (χ2v) is 10.4. The van der Waals surface area contributed by atoms with Crippen LogP contribution in [0.15, 0.2) is 41.4 Å². The molecule has 2 amide bonds. The van der Waals surface area contributed by atoms with Crippen LogP contribution >= 0.6 is 23.2 Å². The molecule has 1 fully saturated rings. The Bertz CT molecular complexity index is 1410. The number of amides is 2. The maximum atomic E-state index is 13.2. The number of carboxylic acids is 1. The number of hydrogen-bond donors (Lipinski definition) is 5. The molecule has 2 aliphatic rings. The lowest BCUT2D eigenvalue weighted by Crippen LogP contribution is -2.51. The average Bonchev–Trinajstić information content (AvgIpc) is 3.48. The molecule has 2 aliphatic heterocycles. The van der Waals surface area contributed by atoms with Crippen LogP contribution in [0.3, 0.4) is 0 Å². The lowest BCUT2D eigenvalue weighted by Gasteiger charge is -2.30. The number of phenols is 1. The summed E-state index contributed by atoms with van der Waals surface area (Å²) in [5.41, 5.74) is 1.82. The fourth-order valence-corrected chi connectivity index (χ4v) is 5.56. The smallest absolute Gasteiger partial charge is 0.328 e. The van der Waals surface area contributed by atoms with E-state index in [1.165, 1.54) is 12.1 Å². The van der Waals surface area contributed by atoms with Crippen molar-refractivity contribution in [3.05, 3.63) is 68.7 Å². The molecule has 0 bridgehead atoms. The van der Waals surface area contributed by atoms with Gasteiger partial charge in [-0.05, 0) is 48.6 Å². The number of carboxylic acid groups (broad SMARTS) is 1. The van der Waals surface area contributed by atoms with Gasteiger partial charge in [-0.1, -0.05) is 41.4 Å². The summed E-state index contributed by atoms with van der Waals surface area (Å²) in [6.07, 6.45) is 6.10. The average molecular weight is 601 g/mol. The molecule has 0 aromatic heterocycles. The zero-order valence-corrected chi connectivity index (χ0v) is 23.6. The van der Waals surface area contributed by atoms with Gasteiger partial charge in [0.25, 0.3) is 5.91 Å². The highest BCUT2D eigenvalue weighted by Gasteiger charge is 2.29. The Morgan fingerprint density at radius 1 is 1.12 bits per heavy atom. The summed E-state index contributed by atoms with van der Waals surface area (Å²) in [5.74, 6) is -1.83. The molecule has 1 saturated heterocycles. The van der Waals surface area contributed by atoms with Crippen molar-refractivity contribution in [3.8, 4) is 5.75 Å². The monoisotopic (exact) mass is 600 g/mol. The van der Waals surface area contributed by atoms with E-state index in [1.54, 1.807) is 35.2 Å². The minimum atomic E-state index is -1.33. The van der Waals surface area contributed by atoms with Crippen LogP contribution in [0, 0.1) is 5.41 Å². The molecule has 13 heteroatoms. The van der Waals surface area contributed by atoms with Crippen molar-refractivity contribution in [2.45, 2.75) is 31.8 Å². The first-order chi connectivity index (χ1) is 19.7. The van der Waals surface area contributed by atoms with Crippen molar-refractivity contribution in [1.82, 2.24) is 20.4 Å². The molecule has 0 aliphatic carbocycles. The first kappa shape index (κ1) is 29.9. The SMILES string of the molecule is N=C/N=C(/NC[C@H](NC(=O)c1c(Cl)cc2c(c1Cl)CCN(C(=O)/C=C/c1ccccc1O)C2)C(=O)O)N1CCCC1. The number of likely N-dealkylation sites (tertiary alicyclic amines) is 1. The fraction of sp³-hybridized carbons (Fsp3) is 0.321. The summed E-state index contributed by atoms with van der Waals surface area (Å²) >= 11 is 13.1. The predicted molar refractivity (Wildman–Crippen MR) is 157 cm³/mol. The number of nitrogens with one attached hydrogen (secondary N) is 3. The topological polar surface area (TPSA) is 158 Å². The Morgan fingerprint density at radius 2 is 1.85 bits per heavy atom. The number of phenolic OH excluding ortho intramolecular Hbond substituents is 1. The molecule has 216 valence electrons. The quantitative estimate of drug-likeness (QED) is 0.177. The first-order valence-corrected chi connectivity index (χ1v) is 13.8. The lowest BCUT2D eigenvalue weighted by molar-refractivity contribution is -0.139. The van der Waals surface area contributed by atoms with Crippen LogP contribution in [-0.2, 0) is 22.6 Å². The number of guanidine groups is 1. The number of aromatic hydroxyl groups is 1. The molecule has 11 nitrogen and oxygen atoms in total. The lowest BCUT2D eigenvalue weighted by atomic mass is 9.96. The second kappa shape index (κ2) is 13.5. The molecule has 1 atom stereocenters. The standard InChI is InChI=1S/C28H30Cl2N6O5/c29-20-13-18-15-36(23(38)8-7-17-5-1-2-6-22(17)37)12-9-19(18)25(30)24(20)26(39)34-21(27(40)41)14-32-28(33-16-31)35-10-3-4-11-35/h1-2,5-8,13,16,21,37H,3-4,9-12,14-15H2,(H,34,39)(H,40,41)(H2,31,32,33)/b8-7+/t21-/m0/s1. The van der Waals surface area contributed by atoms with Crippen LogP contribution in [-0.4, -0.2) is 82.3 Å². The van der Waals surface area contributed by atoms with Gasteiger partial charge in [-0.2, -0.15) is 0 Å². The summed E-state index contributed by atoms with van der Waals surface area (Å²) < 4.78 is 0. The van der Waals surface area contributed by atoms with Crippen molar-refractivity contribution >= 4 is 59.4 Å². The number of para-hydroxylation sites is 1. The maximum Gasteiger partial charge on any atom is 0.328 e. The Labute approximate surface area is 247 Å². The molecule has 0 saturated carbocycles. The molecule has 2 aromatic rings. The van der Waals surface area contributed by atoms with Gasteiger partial charge in [-0.15, -0.1) is 0 Å². The van der Waals surface area contributed by atoms with Gasteiger partial charge in [0.2, 0.25) is 5.91 Å². The Hall–Kier alpha value is -4.09. The van der Waals surface area contributed by atoms with E-state index in [4.69, 9.17) is 28.6 Å². The minimum Gasteiger partial charge on any atom is -0.507 e. The molecule has 5 N–H and O–H groups in total. The Balaban J connectivity index is 1.45. The summed E-state index contributed by atoms with van der Waals surface area (Å²) in [7, 11) is 0. The van der Waals surface area contributed by atoms with E-state index in [0.717, 1.165) is 32.3 Å². The van der Waals surface area contributed by atoms with Crippen LogP contribution in [0.1, 0.15) is 39.9 Å². The van der Waals surface area contributed by atoms with Crippen molar-refractivity contribution in [1.29, 1.82) is 5.41 Å². The van der Waals surface area contributed by atoms with Crippen LogP contribution in [0.4, 0.5) is 0 Å². The van der Waals surface area contributed by atoms with Crippen molar-refractivity contribution in [3.63, 3.8) is 0 Å². The van der Waals surface area contributed by atoms with E-state index >= 15 is 0 Å². The third kappa shape index (κ3) is 7.17. The van der Waals surface area contributed by atoms with E-state index in [9.17, 15) is 24.6 Å². The Morgan fingerprint density at radius 3 is 2.54 bits per heavy atom. The predicted octanol–water partition coefficient (Wildman–Crippen LogP) is 3.13. The van der Waals surface area contributed by atoms with Crippen molar-refractivity contribution < 1.29 is 24.6 Å². The Kier molecular flexibility index (Phi) is 9.85. The fourth-order valence-electron chi connectivity index (χ4n) is 4.80. The third-order valence-corrected chi connectivity index (χ3v) is 7.66. The molecule has 2 heterocycles. The summed E-state index contributed by atoms with van der Waals surface area (Å²) in [5, 5.41) is 32.5. The molecule has 4 rings (SSSR count). The number of halogens is 2. The van der Waals surface area contributed by atoms with E-state index in [1.807, 2.05) is 4.90 Å².